The van der Waals surface area contributed by atoms with E-state index >= 15 is 0 Å². The molecule has 0 radical (unpaired) electrons. The van der Waals surface area contributed by atoms with Crippen molar-refractivity contribution in [1.82, 2.24) is 0 Å². The normalized spacial score (nSPS) is 17.1. The number of halogens is 2. The van der Waals surface area contributed by atoms with Gasteiger partial charge in [-0.3, -0.25) is 4.79 Å². The molecular formula is C14H20ClFN2O2. The van der Waals surface area contributed by atoms with Crippen LogP contribution in [0.25, 0.3) is 0 Å². The van der Waals surface area contributed by atoms with Crippen LogP contribution in [0.4, 0.5) is 10.1 Å². The van der Waals surface area contributed by atoms with Crippen LogP contribution in [0.1, 0.15) is 18.4 Å². The van der Waals surface area contributed by atoms with Crippen molar-refractivity contribution in [3.05, 3.63) is 29.6 Å². The van der Waals surface area contributed by atoms with Crippen LogP contribution in [0, 0.1) is 18.2 Å². The molecule has 1 aliphatic heterocycles. The van der Waals surface area contributed by atoms with Gasteiger partial charge < -0.3 is 15.8 Å². The van der Waals surface area contributed by atoms with Gasteiger partial charge in [0, 0.05) is 19.8 Å². The molecule has 2 rings (SSSR count). The highest BCUT2D eigenvalue weighted by Gasteiger charge is 2.39. The number of carbonyl (C=O) groups excluding carboxylic acids is 1. The molecule has 112 valence electrons. The molecule has 1 aromatic rings. The standard InChI is InChI=1S/C14H19FN2O2.ClH/c1-10-2-3-12(11(15)8-10)17-13(18)14(9-16)4-6-19-7-5-14;/h2-3,8H,4-7,9,16H2,1H3,(H,17,18);1H. The Labute approximate surface area is 124 Å². The average Bonchev–Trinajstić information content (AvgIpc) is 2.42. The second kappa shape index (κ2) is 7.02. The zero-order valence-electron chi connectivity index (χ0n) is 11.4. The third-order valence-corrected chi connectivity index (χ3v) is 3.70. The second-order valence-electron chi connectivity index (χ2n) is 5.03. The SMILES string of the molecule is Cc1ccc(NC(=O)C2(CN)CCOCC2)c(F)c1.Cl. The predicted molar refractivity (Wildman–Crippen MR) is 78.6 cm³/mol. The van der Waals surface area contributed by atoms with Crippen LogP contribution in [0.3, 0.4) is 0 Å². The number of anilines is 1. The molecule has 0 atom stereocenters. The maximum atomic E-state index is 13.7. The third kappa shape index (κ3) is 3.48. The van der Waals surface area contributed by atoms with Crippen molar-refractivity contribution in [1.29, 1.82) is 0 Å². The van der Waals surface area contributed by atoms with Crippen LogP contribution in [0.5, 0.6) is 0 Å². The number of aryl methyl sites for hydroxylation is 1. The van der Waals surface area contributed by atoms with Crippen molar-refractivity contribution >= 4 is 24.0 Å². The topological polar surface area (TPSA) is 64.4 Å². The third-order valence-electron chi connectivity index (χ3n) is 3.70. The van der Waals surface area contributed by atoms with Gasteiger partial charge in [-0.05, 0) is 37.5 Å². The summed E-state index contributed by atoms with van der Waals surface area (Å²) >= 11 is 0. The molecule has 0 saturated carbocycles. The average molecular weight is 303 g/mol. The Balaban J connectivity index is 0.00000200. The maximum Gasteiger partial charge on any atom is 0.232 e. The van der Waals surface area contributed by atoms with Gasteiger partial charge in [-0.2, -0.15) is 0 Å². The van der Waals surface area contributed by atoms with E-state index in [9.17, 15) is 9.18 Å². The largest absolute Gasteiger partial charge is 0.381 e. The Hall–Kier alpha value is -1.17. The van der Waals surface area contributed by atoms with Gasteiger partial charge in [0.2, 0.25) is 5.91 Å². The number of ether oxygens (including phenoxy) is 1. The number of carbonyl (C=O) groups is 1. The Bertz CT molecular complexity index is 476. The van der Waals surface area contributed by atoms with Crippen LogP contribution < -0.4 is 11.1 Å². The van der Waals surface area contributed by atoms with Gasteiger partial charge in [-0.15, -0.1) is 12.4 Å². The lowest BCUT2D eigenvalue weighted by atomic mass is 9.79. The maximum absolute atomic E-state index is 13.7. The van der Waals surface area contributed by atoms with Gasteiger partial charge >= 0.3 is 0 Å². The van der Waals surface area contributed by atoms with E-state index in [1.54, 1.807) is 19.1 Å². The van der Waals surface area contributed by atoms with Gasteiger partial charge in [-0.1, -0.05) is 6.07 Å². The zero-order valence-corrected chi connectivity index (χ0v) is 12.3. The first-order valence-electron chi connectivity index (χ1n) is 6.43. The van der Waals surface area contributed by atoms with Crippen molar-refractivity contribution in [3.63, 3.8) is 0 Å². The van der Waals surface area contributed by atoms with Crippen LogP contribution >= 0.6 is 12.4 Å². The zero-order chi connectivity index (χ0) is 13.9. The van der Waals surface area contributed by atoms with Crippen molar-refractivity contribution in [3.8, 4) is 0 Å². The van der Waals surface area contributed by atoms with Crippen LogP contribution in [0.2, 0.25) is 0 Å². The Kier molecular flexibility index (Phi) is 5.92. The molecule has 0 aliphatic carbocycles. The van der Waals surface area contributed by atoms with E-state index in [1.165, 1.54) is 6.07 Å². The van der Waals surface area contributed by atoms with Gasteiger partial charge in [0.15, 0.2) is 0 Å². The number of rotatable bonds is 3. The van der Waals surface area contributed by atoms with Gasteiger partial charge in [-0.25, -0.2) is 4.39 Å². The monoisotopic (exact) mass is 302 g/mol. The summed E-state index contributed by atoms with van der Waals surface area (Å²) in [5.41, 5.74) is 6.12. The number of nitrogens with one attached hydrogen (secondary N) is 1. The van der Waals surface area contributed by atoms with Crippen molar-refractivity contribution in [2.45, 2.75) is 19.8 Å². The van der Waals surface area contributed by atoms with Crippen molar-refractivity contribution in [2.24, 2.45) is 11.1 Å². The van der Waals surface area contributed by atoms with E-state index in [0.717, 1.165) is 5.56 Å². The smallest absolute Gasteiger partial charge is 0.232 e. The van der Waals surface area contributed by atoms with Crippen molar-refractivity contribution in [2.75, 3.05) is 25.1 Å². The van der Waals surface area contributed by atoms with E-state index in [-0.39, 0.29) is 30.5 Å². The first-order chi connectivity index (χ1) is 9.07. The number of hydrogen-bond acceptors (Lipinski definition) is 3. The van der Waals surface area contributed by atoms with Crippen LogP contribution in [-0.2, 0) is 9.53 Å². The van der Waals surface area contributed by atoms with Crippen LogP contribution in [0.15, 0.2) is 18.2 Å². The van der Waals surface area contributed by atoms with E-state index in [1.807, 2.05) is 0 Å². The molecule has 1 saturated heterocycles. The fourth-order valence-corrected chi connectivity index (χ4v) is 2.26. The fraction of sp³-hybridized carbons (Fsp3) is 0.500. The fourth-order valence-electron chi connectivity index (χ4n) is 2.26. The Morgan fingerprint density at radius 2 is 2.10 bits per heavy atom. The quantitative estimate of drug-likeness (QED) is 0.900. The minimum atomic E-state index is -0.643. The molecule has 20 heavy (non-hydrogen) atoms. The highest BCUT2D eigenvalue weighted by Crippen LogP contribution is 2.31. The molecule has 6 heteroatoms. The molecule has 4 nitrogen and oxygen atoms in total. The molecule has 0 aromatic heterocycles. The highest BCUT2D eigenvalue weighted by molar-refractivity contribution is 5.95. The molecular weight excluding hydrogens is 283 g/mol. The lowest BCUT2D eigenvalue weighted by molar-refractivity contribution is -0.130. The highest BCUT2D eigenvalue weighted by atomic mass is 35.5. The Morgan fingerprint density at radius 1 is 1.45 bits per heavy atom. The van der Waals surface area contributed by atoms with E-state index in [4.69, 9.17) is 10.5 Å². The summed E-state index contributed by atoms with van der Waals surface area (Å²) in [6, 6.07) is 4.73. The summed E-state index contributed by atoms with van der Waals surface area (Å²) < 4.78 is 19.0. The summed E-state index contributed by atoms with van der Waals surface area (Å²) in [5, 5.41) is 2.65. The van der Waals surface area contributed by atoms with Gasteiger partial charge in [0.25, 0.3) is 0 Å². The van der Waals surface area contributed by atoms with Gasteiger partial charge in [0.05, 0.1) is 11.1 Å². The lowest BCUT2D eigenvalue weighted by Crippen LogP contribution is -2.46. The van der Waals surface area contributed by atoms with Crippen LogP contribution in [-0.4, -0.2) is 25.7 Å². The number of amides is 1. The molecule has 1 amide bonds. The molecule has 1 fully saturated rings. The summed E-state index contributed by atoms with van der Waals surface area (Å²) in [5.74, 6) is -0.645. The molecule has 0 unspecified atom stereocenters. The second-order valence-corrected chi connectivity index (χ2v) is 5.03. The first-order valence-corrected chi connectivity index (χ1v) is 6.43. The summed E-state index contributed by atoms with van der Waals surface area (Å²) in [4.78, 5) is 12.3. The predicted octanol–water partition coefficient (Wildman–Crippen LogP) is 2.25. The molecule has 1 heterocycles. The minimum absolute atomic E-state index is 0. The molecule has 3 N–H and O–H groups in total. The first kappa shape index (κ1) is 16.9. The van der Waals surface area contributed by atoms with Gasteiger partial charge in [0.1, 0.15) is 5.82 Å². The number of hydrogen-bond donors (Lipinski definition) is 2. The molecule has 1 aliphatic rings. The molecule has 0 bridgehead atoms. The lowest BCUT2D eigenvalue weighted by Gasteiger charge is -2.34. The minimum Gasteiger partial charge on any atom is -0.381 e. The summed E-state index contributed by atoms with van der Waals surface area (Å²) in [6.45, 7) is 3.08. The van der Waals surface area contributed by atoms with E-state index in [0.29, 0.717) is 26.1 Å². The number of benzene rings is 1. The van der Waals surface area contributed by atoms with Crippen molar-refractivity contribution < 1.29 is 13.9 Å². The number of nitrogens with two attached hydrogens (primary N) is 1. The Morgan fingerprint density at radius 3 is 2.65 bits per heavy atom. The molecule has 1 aromatic carbocycles. The van der Waals surface area contributed by atoms with E-state index in [2.05, 4.69) is 5.32 Å². The summed E-state index contributed by atoms with van der Waals surface area (Å²) in [7, 11) is 0. The summed E-state index contributed by atoms with van der Waals surface area (Å²) in [6.07, 6.45) is 1.14. The van der Waals surface area contributed by atoms with E-state index < -0.39 is 11.2 Å². The molecule has 0 spiro atoms.